The lowest BCUT2D eigenvalue weighted by molar-refractivity contribution is 1.60. The van der Waals surface area contributed by atoms with Gasteiger partial charge in [-0.3, -0.25) is 0 Å². The molecule has 0 atom stereocenters. The molecule has 1 aliphatic heterocycles. The van der Waals surface area contributed by atoms with Crippen molar-refractivity contribution in [3.05, 3.63) is 34.9 Å². The van der Waals surface area contributed by atoms with Gasteiger partial charge in [-0.15, -0.1) is 0 Å². The smallest absolute Gasteiger partial charge is 0.160 e. The molecule has 2 rings (SSSR count). The quantitative estimate of drug-likeness (QED) is 0.684. The third-order valence-corrected chi connectivity index (χ3v) is 3.15. The van der Waals surface area contributed by atoms with E-state index in [0.717, 1.165) is 26.4 Å². The topological polar surface area (TPSA) is 12.4 Å². The maximum Gasteiger partial charge on any atom is 0.160 e. The van der Waals surface area contributed by atoms with E-state index in [9.17, 15) is 0 Å². The molecule has 0 amide bonds. The zero-order valence-corrected chi connectivity index (χ0v) is 9.05. The third kappa shape index (κ3) is 2.10. The summed E-state index contributed by atoms with van der Waals surface area (Å²) in [5, 5.41) is 0.739. The summed E-state index contributed by atoms with van der Waals surface area (Å²) in [6, 6.07) is 7.69. The molecule has 0 unspecified atom stereocenters. The van der Waals surface area contributed by atoms with E-state index in [2.05, 4.69) is 4.99 Å². The highest BCUT2D eigenvalue weighted by Crippen LogP contribution is 2.20. The second-order valence-corrected chi connectivity index (χ2v) is 4.67. The first-order chi connectivity index (χ1) is 6.25. The molecule has 0 N–H and O–H groups in total. The van der Waals surface area contributed by atoms with Gasteiger partial charge < -0.3 is 0 Å². The molecular formula is C9H6ClNS2. The minimum absolute atomic E-state index is 0.718. The Labute approximate surface area is 91.2 Å². The van der Waals surface area contributed by atoms with Crippen LogP contribution in [0.2, 0.25) is 5.02 Å². The Hall–Kier alpha value is -0.380. The Morgan fingerprint density at radius 3 is 2.92 bits per heavy atom. The fourth-order valence-electron chi connectivity index (χ4n) is 1.12. The minimum atomic E-state index is 0.718. The van der Waals surface area contributed by atoms with Crippen molar-refractivity contribution in [1.29, 1.82) is 0 Å². The highest BCUT2D eigenvalue weighted by atomic mass is 35.5. The summed E-state index contributed by atoms with van der Waals surface area (Å²) in [4.78, 5) is 4.25. The monoisotopic (exact) mass is 227 g/mol. The molecule has 1 aliphatic rings. The SMILES string of the molecule is S=C1N=C(c2cccc(Cl)c2)CS1. The normalized spacial score (nSPS) is 16.1. The van der Waals surface area contributed by atoms with Crippen molar-refractivity contribution >= 4 is 45.6 Å². The van der Waals surface area contributed by atoms with Crippen molar-refractivity contribution in [2.45, 2.75) is 0 Å². The van der Waals surface area contributed by atoms with Crippen LogP contribution in [-0.4, -0.2) is 15.8 Å². The Morgan fingerprint density at radius 2 is 2.31 bits per heavy atom. The third-order valence-electron chi connectivity index (χ3n) is 1.72. The zero-order valence-electron chi connectivity index (χ0n) is 6.66. The van der Waals surface area contributed by atoms with Crippen molar-refractivity contribution < 1.29 is 0 Å². The summed E-state index contributed by atoms with van der Waals surface area (Å²) in [7, 11) is 0. The minimum Gasteiger partial charge on any atom is -0.233 e. The Morgan fingerprint density at radius 1 is 1.46 bits per heavy atom. The summed E-state index contributed by atoms with van der Waals surface area (Å²) in [6.07, 6.45) is 0. The molecule has 0 radical (unpaired) electrons. The van der Waals surface area contributed by atoms with Crippen molar-refractivity contribution in [3.8, 4) is 0 Å². The zero-order chi connectivity index (χ0) is 9.26. The second-order valence-electron chi connectivity index (χ2n) is 2.62. The fourth-order valence-corrected chi connectivity index (χ4v) is 2.26. The standard InChI is InChI=1S/C9H6ClNS2/c10-7-3-1-2-6(4-7)8-5-13-9(12)11-8/h1-4H,5H2. The Balaban J connectivity index is 2.36. The van der Waals surface area contributed by atoms with E-state index in [0.29, 0.717) is 0 Å². The van der Waals surface area contributed by atoms with E-state index in [1.54, 1.807) is 11.8 Å². The fraction of sp³-hybridized carbons (Fsp3) is 0.111. The number of aliphatic imine (C=N–C) groups is 1. The molecule has 0 spiro atoms. The molecule has 13 heavy (non-hydrogen) atoms. The maximum atomic E-state index is 5.87. The van der Waals surface area contributed by atoms with Gasteiger partial charge in [-0.2, -0.15) is 0 Å². The first-order valence-electron chi connectivity index (χ1n) is 3.76. The number of hydrogen-bond donors (Lipinski definition) is 0. The lowest BCUT2D eigenvalue weighted by Gasteiger charge is -1.98. The van der Waals surface area contributed by atoms with Crippen LogP contribution in [0.25, 0.3) is 0 Å². The van der Waals surface area contributed by atoms with E-state index in [-0.39, 0.29) is 0 Å². The summed E-state index contributed by atoms with van der Waals surface area (Å²) >= 11 is 12.4. The number of benzene rings is 1. The molecule has 0 saturated carbocycles. The molecule has 4 heteroatoms. The van der Waals surface area contributed by atoms with Gasteiger partial charge in [0, 0.05) is 10.8 Å². The van der Waals surface area contributed by atoms with E-state index in [4.69, 9.17) is 23.8 Å². The van der Waals surface area contributed by atoms with Gasteiger partial charge in [0.2, 0.25) is 0 Å². The number of thioether (sulfide) groups is 1. The molecule has 66 valence electrons. The van der Waals surface area contributed by atoms with Crippen LogP contribution < -0.4 is 0 Å². The molecule has 1 aromatic rings. The summed E-state index contributed by atoms with van der Waals surface area (Å²) in [6.45, 7) is 0. The van der Waals surface area contributed by atoms with Gasteiger partial charge in [0.05, 0.1) is 5.71 Å². The van der Waals surface area contributed by atoms with Crippen molar-refractivity contribution in [2.24, 2.45) is 4.99 Å². The van der Waals surface area contributed by atoms with Crippen LogP contribution in [0.4, 0.5) is 0 Å². The first kappa shape index (κ1) is 9.19. The average Bonchev–Trinajstić information content (AvgIpc) is 2.52. The molecule has 0 aliphatic carbocycles. The van der Waals surface area contributed by atoms with Crippen LogP contribution in [0.1, 0.15) is 5.56 Å². The second kappa shape index (κ2) is 3.78. The van der Waals surface area contributed by atoms with Gasteiger partial charge in [0.1, 0.15) is 0 Å². The van der Waals surface area contributed by atoms with Crippen molar-refractivity contribution in [3.63, 3.8) is 0 Å². The van der Waals surface area contributed by atoms with Crippen molar-refractivity contribution in [2.75, 3.05) is 5.75 Å². The summed E-state index contributed by atoms with van der Waals surface area (Å²) in [5.41, 5.74) is 2.09. The van der Waals surface area contributed by atoms with Crippen LogP contribution in [-0.2, 0) is 0 Å². The van der Waals surface area contributed by atoms with Crippen LogP contribution in [0.15, 0.2) is 29.3 Å². The number of nitrogens with zero attached hydrogens (tertiary/aromatic N) is 1. The molecule has 0 saturated heterocycles. The Kier molecular flexibility index (Phi) is 2.67. The molecular weight excluding hydrogens is 222 g/mol. The van der Waals surface area contributed by atoms with Crippen LogP contribution in [0.5, 0.6) is 0 Å². The lowest BCUT2D eigenvalue weighted by Crippen LogP contribution is -1.98. The van der Waals surface area contributed by atoms with Crippen LogP contribution >= 0.6 is 35.6 Å². The predicted octanol–water partition coefficient (Wildman–Crippen LogP) is 3.16. The molecule has 1 heterocycles. The van der Waals surface area contributed by atoms with Crippen LogP contribution in [0.3, 0.4) is 0 Å². The van der Waals surface area contributed by atoms with E-state index in [1.807, 2.05) is 24.3 Å². The molecule has 0 fully saturated rings. The largest absolute Gasteiger partial charge is 0.233 e. The molecule has 1 nitrogen and oxygen atoms in total. The van der Waals surface area contributed by atoms with Gasteiger partial charge in [-0.05, 0) is 17.7 Å². The summed E-state index contributed by atoms with van der Waals surface area (Å²) < 4.78 is 0.718. The maximum absolute atomic E-state index is 5.87. The number of hydrogen-bond acceptors (Lipinski definition) is 2. The van der Waals surface area contributed by atoms with Gasteiger partial charge in [-0.1, -0.05) is 47.7 Å². The van der Waals surface area contributed by atoms with Gasteiger partial charge in [-0.25, -0.2) is 4.99 Å². The number of halogens is 1. The first-order valence-corrected chi connectivity index (χ1v) is 5.53. The van der Waals surface area contributed by atoms with E-state index in [1.165, 1.54) is 0 Å². The lowest BCUT2D eigenvalue weighted by atomic mass is 10.1. The summed E-state index contributed by atoms with van der Waals surface area (Å²) in [5.74, 6) is 0.860. The highest BCUT2D eigenvalue weighted by Gasteiger charge is 2.13. The van der Waals surface area contributed by atoms with Gasteiger partial charge >= 0.3 is 0 Å². The number of thiocarbonyl (C=S) groups is 1. The predicted molar refractivity (Wildman–Crippen MR) is 63.0 cm³/mol. The molecule has 0 bridgehead atoms. The van der Waals surface area contributed by atoms with Crippen LogP contribution in [0, 0.1) is 0 Å². The molecule has 1 aromatic carbocycles. The number of rotatable bonds is 1. The van der Waals surface area contributed by atoms with E-state index >= 15 is 0 Å². The average molecular weight is 228 g/mol. The molecule has 0 aromatic heterocycles. The van der Waals surface area contributed by atoms with E-state index < -0.39 is 0 Å². The van der Waals surface area contributed by atoms with Gasteiger partial charge in [0.25, 0.3) is 0 Å². The highest BCUT2D eigenvalue weighted by molar-refractivity contribution is 8.23. The van der Waals surface area contributed by atoms with Crippen molar-refractivity contribution in [1.82, 2.24) is 0 Å². The Bertz CT molecular complexity index is 387. The van der Waals surface area contributed by atoms with Gasteiger partial charge in [0.15, 0.2) is 4.32 Å².